The summed E-state index contributed by atoms with van der Waals surface area (Å²) in [6, 6.07) is 21.0. The number of para-hydroxylation sites is 1. The molecule has 2 N–H and O–H groups in total. The van der Waals surface area contributed by atoms with E-state index in [0.717, 1.165) is 32.2 Å². The molecule has 0 aliphatic carbocycles. The number of fused-ring (bicyclic) bond motifs is 1. The summed E-state index contributed by atoms with van der Waals surface area (Å²) in [5.41, 5.74) is 6.58. The molecule has 1 heterocycles. The Labute approximate surface area is 196 Å². The van der Waals surface area contributed by atoms with Crippen LogP contribution in [0.5, 0.6) is 11.5 Å². The highest BCUT2D eigenvalue weighted by Crippen LogP contribution is 2.28. The molecule has 1 amide bonds. The number of benzene rings is 3. The lowest BCUT2D eigenvalue weighted by Gasteiger charge is -2.12. The minimum absolute atomic E-state index is 0.124. The fraction of sp³-hybridized carbons (Fsp3) is 0.160. The molecular weight excluding hydrogens is 436 g/mol. The zero-order chi connectivity index (χ0) is 23.0. The molecule has 0 atom stereocenters. The van der Waals surface area contributed by atoms with Crippen LogP contribution in [0.1, 0.15) is 18.1 Å². The summed E-state index contributed by atoms with van der Waals surface area (Å²) in [5, 5.41) is 7.81. The van der Waals surface area contributed by atoms with Gasteiger partial charge in [-0.1, -0.05) is 41.2 Å². The van der Waals surface area contributed by atoms with Crippen LogP contribution in [0.25, 0.3) is 10.2 Å². The van der Waals surface area contributed by atoms with Gasteiger partial charge in [-0.15, -0.1) is 0 Å². The number of carbonyl (C=O) groups is 1. The van der Waals surface area contributed by atoms with E-state index in [1.165, 1.54) is 11.3 Å². The van der Waals surface area contributed by atoms with Gasteiger partial charge in [0.2, 0.25) is 5.13 Å². The maximum Gasteiger partial charge on any atom is 0.262 e. The molecule has 0 aliphatic heterocycles. The fourth-order valence-corrected chi connectivity index (χ4v) is 3.87. The van der Waals surface area contributed by atoms with E-state index in [-0.39, 0.29) is 12.5 Å². The smallest absolute Gasteiger partial charge is 0.262 e. The minimum atomic E-state index is -0.244. The number of hydrogen-bond acceptors (Lipinski definition) is 7. The standard InChI is InChI=1S/C25H24N4O3S/c1-3-31-22-14-18(15-26-29-25-28-20-6-4-5-7-23(20)33-25)10-13-21(22)32-16-24(30)27-19-11-8-17(2)9-12-19/h4-15H,3,16H2,1-2H3,(H,27,30)(H,28,29)/b26-15+. The second kappa shape index (κ2) is 10.6. The van der Waals surface area contributed by atoms with Crippen molar-refractivity contribution in [1.29, 1.82) is 0 Å². The van der Waals surface area contributed by atoms with E-state index in [9.17, 15) is 4.79 Å². The first-order valence-corrected chi connectivity index (χ1v) is 11.3. The molecule has 7 nitrogen and oxygen atoms in total. The Balaban J connectivity index is 1.37. The Bertz CT molecular complexity index is 1240. The molecule has 0 spiro atoms. The van der Waals surface area contributed by atoms with Crippen molar-refractivity contribution in [1.82, 2.24) is 4.98 Å². The lowest BCUT2D eigenvalue weighted by atomic mass is 10.2. The van der Waals surface area contributed by atoms with Gasteiger partial charge < -0.3 is 14.8 Å². The van der Waals surface area contributed by atoms with Crippen molar-refractivity contribution in [3.8, 4) is 11.5 Å². The highest BCUT2D eigenvalue weighted by atomic mass is 32.1. The molecule has 3 aromatic carbocycles. The average Bonchev–Trinajstić information content (AvgIpc) is 3.23. The third-order valence-corrected chi connectivity index (χ3v) is 5.57. The third kappa shape index (κ3) is 6.08. The number of ether oxygens (including phenoxy) is 2. The summed E-state index contributed by atoms with van der Waals surface area (Å²) in [7, 11) is 0. The van der Waals surface area contributed by atoms with Gasteiger partial charge >= 0.3 is 0 Å². The van der Waals surface area contributed by atoms with E-state index >= 15 is 0 Å². The summed E-state index contributed by atoms with van der Waals surface area (Å²) in [5.74, 6) is 0.795. The summed E-state index contributed by atoms with van der Waals surface area (Å²) >= 11 is 1.54. The molecule has 0 unspecified atom stereocenters. The number of nitrogens with zero attached hydrogens (tertiary/aromatic N) is 2. The van der Waals surface area contributed by atoms with Crippen LogP contribution in [0.2, 0.25) is 0 Å². The van der Waals surface area contributed by atoms with Crippen molar-refractivity contribution in [3.05, 3.63) is 77.9 Å². The van der Waals surface area contributed by atoms with Gasteiger partial charge in [-0.25, -0.2) is 4.98 Å². The van der Waals surface area contributed by atoms with Crippen molar-refractivity contribution in [2.24, 2.45) is 5.10 Å². The van der Waals surface area contributed by atoms with Gasteiger partial charge in [-0.05, 0) is 61.9 Å². The van der Waals surface area contributed by atoms with Gasteiger partial charge in [0.05, 0.1) is 23.0 Å². The van der Waals surface area contributed by atoms with Crippen LogP contribution in [0.4, 0.5) is 10.8 Å². The van der Waals surface area contributed by atoms with E-state index < -0.39 is 0 Å². The Kier molecular flexibility index (Phi) is 7.16. The summed E-state index contributed by atoms with van der Waals surface area (Å²) in [6.45, 7) is 4.23. The second-order valence-electron chi connectivity index (χ2n) is 7.20. The average molecular weight is 461 g/mol. The highest BCUT2D eigenvalue weighted by molar-refractivity contribution is 7.22. The molecule has 0 fully saturated rings. The van der Waals surface area contributed by atoms with Crippen molar-refractivity contribution < 1.29 is 14.3 Å². The molecule has 0 aliphatic rings. The largest absolute Gasteiger partial charge is 0.490 e. The van der Waals surface area contributed by atoms with E-state index in [4.69, 9.17) is 9.47 Å². The topological polar surface area (TPSA) is 84.8 Å². The Morgan fingerprint density at radius 3 is 2.67 bits per heavy atom. The van der Waals surface area contributed by atoms with Crippen LogP contribution in [0.3, 0.4) is 0 Å². The fourth-order valence-electron chi connectivity index (χ4n) is 3.05. The van der Waals surface area contributed by atoms with Gasteiger partial charge in [0, 0.05) is 5.69 Å². The number of amides is 1. The van der Waals surface area contributed by atoms with Gasteiger partial charge in [-0.3, -0.25) is 10.2 Å². The van der Waals surface area contributed by atoms with E-state index in [1.807, 2.05) is 74.5 Å². The Morgan fingerprint density at radius 1 is 1.06 bits per heavy atom. The van der Waals surface area contributed by atoms with Crippen molar-refractivity contribution in [2.75, 3.05) is 24.0 Å². The van der Waals surface area contributed by atoms with Crippen molar-refractivity contribution in [3.63, 3.8) is 0 Å². The first kappa shape index (κ1) is 22.3. The van der Waals surface area contributed by atoms with Crippen LogP contribution in [0.15, 0.2) is 71.8 Å². The number of anilines is 2. The zero-order valence-corrected chi connectivity index (χ0v) is 19.2. The quantitative estimate of drug-likeness (QED) is 0.256. The van der Waals surface area contributed by atoms with Gasteiger partial charge in [0.1, 0.15) is 0 Å². The van der Waals surface area contributed by atoms with Crippen LogP contribution < -0.4 is 20.2 Å². The van der Waals surface area contributed by atoms with Gasteiger partial charge in [-0.2, -0.15) is 5.10 Å². The molecule has 33 heavy (non-hydrogen) atoms. The van der Waals surface area contributed by atoms with Gasteiger partial charge in [0.15, 0.2) is 18.1 Å². The molecule has 8 heteroatoms. The zero-order valence-electron chi connectivity index (χ0n) is 18.4. The van der Waals surface area contributed by atoms with Crippen LogP contribution in [-0.2, 0) is 4.79 Å². The highest BCUT2D eigenvalue weighted by Gasteiger charge is 2.09. The van der Waals surface area contributed by atoms with Crippen LogP contribution in [0, 0.1) is 6.92 Å². The summed E-state index contributed by atoms with van der Waals surface area (Å²) in [4.78, 5) is 16.7. The van der Waals surface area contributed by atoms with E-state index in [1.54, 1.807) is 12.3 Å². The Hall–Kier alpha value is -3.91. The molecule has 0 bridgehead atoms. The molecule has 0 saturated carbocycles. The summed E-state index contributed by atoms with van der Waals surface area (Å²) < 4.78 is 12.5. The molecule has 0 radical (unpaired) electrons. The van der Waals surface area contributed by atoms with Crippen LogP contribution >= 0.6 is 11.3 Å². The normalized spacial score (nSPS) is 11.0. The second-order valence-corrected chi connectivity index (χ2v) is 8.23. The lowest BCUT2D eigenvalue weighted by molar-refractivity contribution is -0.118. The molecule has 168 valence electrons. The number of aryl methyl sites for hydroxylation is 1. The summed E-state index contributed by atoms with van der Waals surface area (Å²) in [6.07, 6.45) is 1.68. The van der Waals surface area contributed by atoms with E-state index in [0.29, 0.717) is 18.1 Å². The number of carbonyl (C=O) groups excluding carboxylic acids is 1. The SMILES string of the molecule is CCOc1cc(/C=N/Nc2nc3ccccc3s2)ccc1OCC(=O)Nc1ccc(C)cc1. The maximum atomic E-state index is 12.2. The molecule has 4 aromatic rings. The van der Waals surface area contributed by atoms with Gasteiger partial charge in [0.25, 0.3) is 5.91 Å². The lowest BCUT2D eigenvalue weighted by Crippen LogP contribution is -2.20. The van der Waals surface area contributed by atoms with E-state index in [2.05, 4.69) is 20.8 Å². The number of hydrazone groups is 1. The molecular formula is C25H24N4O3S. The first-order valence-electron chi connectivity index (χ1n) is 10.5. The molecule has 4 rings (SSSR count). The predicted octanol–water partition coefficient (Wildman–Crippen LogP) is 5.47. The maximum absolute atomic E-state index is 12.2. The van der Waals surface area contributed by atoms with Crippen molar-refractivity contribution in [2.45, 2.75) is 13.8 Å². The van der Waals surface area contributed by atoms with Crippen LogP contribution in [-0.4, -0.2) is 30.3 Å². The number of aromatic nitrogens is 1. The first-order chi connectivity index (χ1) is 16.1. The monoisotopic (exact) mass is 460 g/mol. The molecule has 0 saturated heterocycles. The molecule has 1 aromatic heterocycles. The predicted molar refractivity (Wildman–Crippen MR) is 134 cm³/mol. The minimum Gasteiger partial charge on any atom is -0.490 e. The van der Waals surface area contributed by atoms with Crippen molar-refractivity contribution >= 4 is 44.5 Å². The number of thiazole rings is 1. The Morgan fingerprint density at radius 2 is 1.88 bits per heavy atom. The number of hydrogen-bond donors (Lipinski definition) is 2. The number of rotatable bonds is 9. The third-order valence-electron chi connectivity index (χ3n) is 4.63. The number of nitrogens with one attached hydrogen (secondary N) is 2.